The van der Waals surface area contributed by atoms with Gasteiger partial charge in [-0.1, -0.05) is 12.8 Å². The zero-order valence-corrected chi connectivity index (χ0v) is 19.1. The predicted octanol–water partition coefficient (Wildman–Crippen LogP) is 4.18. The number of anilines is 1. The monoisotopic (exact) mass is 446 g/mol. The molecule has 0 unspecified atom stereocenters. The number of nitrogens with zero attached hydrogens (tertiary/aromatic N) is 1. The summed E-state index contributed by atoms with van der Waals surface area (Å²) in [5.41, 5.74) is 1.55. The highest BCUT2D eigenvalue weighted by Crippen LogP contribution is 2.42. The lowest BCUT2D eigenvalue weighted by atomic mass is 10.2. The molecule has 2 heterocycles. The summed E-state index contributed by atoms with van der Waals surface area (Å²) in [4.78, 5) is 13.3. The fraction of sp³-hybridized carbons (Fsp3) is 0.522. The number of aromatic nitrogens is 1. The van der Waals surface area contributed by atoms with Crippen LogP contribution in [-0.2, 0) is 19.4 Å². The van der Waals surface area contributed by atoms with Crippen molar-refractivity contribution in [2.75, 3.05) is 19.0 Å². The number of carbonyl (C=O) groups excluding carboxylic acids is 1. The first kappa shape index (κ1) is 21.9. The maximum absolute atomic E-state index is 13.7. The van der Waals surface area contributed by atoms with Crippen LogP contribution in [0.5, 0.6) is 5.75 Å². The molecule has 1 aliphatic carbocycles. The predicted molar refractivity (Wildman–Crippen MR) is 117 cm³/mol. The summed E-state index contributed by atoms with van der Waals surface area (Å²) in [6.45, 7) is 4.30. The van der Waals surface area contributed by atoms with Crippen molar-refractivity contribution < 1.29 is 22.7 Å². The van der Waals surface area contributed by atoms with Crippen molar-refractivity contribution in [3.05, 3.63) is 35.5 Å². The van der Waals surface area contributed by atoms with Gasteiger partial charge >= 0.3 is 0 Å². The second-order valence-electron chi connectivity index (χ2n) is 8.37. The molecule has 2 fully saturated rings. The van der Waals surface area contributed by atoms with Gasteiger partial charge in [-0.15, -0.1) is 0 Å². The summed E-state index contributed by atoms with van der Waals surface area (Å²) in [6, 6.07) is 6.53. The van der Waals surface area contributed by atoms with E-state index in [9.17, 15) is 13.2 Å². The molecular formula is C23H30N2O5S. The molecule has 0 bridgehead atoms. The number of rotatable bonds is 6. The molecule has 8 heteroatoms. The van der Waals surface area contributed by atoms with E-state index in [0.29, 0.717) is 30.2 Å². The molecule has 168 valence electrons. The van der Waals surface area contributed by atoms with Gasteiger partial charge in [-0.25, -0.2) is 8.42 Å². The maximum Gasteiger partial charge on any atom is 0.254 e. The van der Waals surface area contributed by atoms with E-state index in [1.165, 1.54) is 7.11 Å². The Kier molecular flexibility index (Phi) is 6.12. The highest BCUT2D eigenvalue weighted by atomic mass is 32.2. The van der Waals surface area contributed by atoms with Crippen LogP contribution < -0.4 is 10.1 Å². The van der Waals surface area contributed by atoms with Crippen LogP contribution in [0.4, 0.5) is 5.82 Å². The Labute approximate surface area is 183 Å². The van der Waals surface area contributed by atoms with Gasteiger partial charge in [-0.05, 0) is 69.4 Å². The summed E-state index contributed by atoms with van der Waals surface area (Å²) < 4.78 is 40.2. The normalized spacial score (nSPS) is 19.6. The average Bonchev–Trinajstić information content (AvgIpc) is 3.51. The number of carbonyl (C=O) groups is 1. The van der Waals surface area contributed by atoms with Crippen molar-refractivity contribution in [3.63, 3.8) is 0 Å². The third-order valence-corrected chi connectivity index (χ3v) is 8.42. The molecule has 1 N–H and O–H groups in total. The van der Waals surface area contributed by atoms with Crippen LogP contribution in [0, 0.1) is 13.8 Å². The van der Waals surface area contributed by atoms with Crippen LogP contribution in [-0.4, -0.2) is 38.7 Å². The molecule has 1 atom stereocenters. The molecule has 1 aliphatic heterocycles. The smallest absolute Gasteiger partial charge is 0.254 e. The summed E-state index contributed by atoms with van der Waals surface area (Å²) in [5.74, 6) is 0.681. The third-order valence-electron chi connectivity index (χ3n) is 6.49. The first-order valence-corrected chi connectivity index (χ1v) is 12.4. The lowest BCUT2D eigenvalue weighted by molar-refractivity contribution is -0.124. The minimum Gasteiger partial charge on any atom is -0.497 e. The minimum absolute atomic E-state index is 0.174. The van der Waals surface area contributed by atoms with Gasteiger partial charge in [0.05, 0.1) is 12.0 Å². The zero-order valence-electron chi connectivity index (χ0n) is 18.3. The van der Waals surface area contributed by atoms with Gasteiger partial charge < -0.3 is 19.4 Å². The quantitative estimate of drug-likeness (QED) is 0.719. The van der Waals surface area contributed by atoms with Gasteiger partial charge in [-0.3, -0.25) is 4.79 Å². The highest BCUT2D eigenvalue weighted by molar-refractivity contribution is 7.91. The largest absolute Gasteiger partial charge is 0.497 e. The van der Waals surface area contributed by atoms with Crippen LogP contribution >= 0.6 is 0 Å². The standard InChI is InChI=1S/C23H30N2O5S/c1-15-16(2)25(17-7-4-5-8-17)22(24-23(26)20-9-6-14-30-20)21(15)31(27,28)19-12-10-18(29-3)11-13-19/h10-13,17,20H,4-9,14H2,1-3H3,(H,24,26)/t20-/m1/s1. The van der Waals surface area contributed by atoms with Gasteiger partial charge in [0.25, 0.3) is 5.91 Å². The van der Waals surface area contributed by atoms with Crippen LogP contribution in [0.15, 0.2) is 34.1 Å². The Bertz CT molecular complexity index is 1060. The van der Waals surface area contributed by atoms with E-state index < -0.39 is 15.9 Å². The first-order valence-electron chi connectivity index (χ1n) is 10.9. The van der Waals surface area contributed by atoms with Gasteiger partial charge in [0, 0.05) is 18.3 Å². The molecule has 1 saturated carbocycles. The van der Waals surface area contributed by atoms with Crippen molar-refractivity contribution in [3.8, 4) is 5.75 Å². The number of amides is 1. The van der Waals surface area contributed by atoms with Crippen LogP contribution in [0.25, 0.3) is 0 Å². The number of sulfone groups is 1. The van der Waals surface area contributed by atoms with E-state index in [-0.39, 0.29) is 21.7 Å². The molecule has 7 nitrogen and oxygen atoms in total. The van der Waals surface area contributed by atoms with E-state index >= 15 is 0 Å². The molecule has 0 radical (unpaired) electrons. The molecular weight excluding hydrogens is 416 g/mol. The molecule has 1 aromatic carbocycles. The third kappa shape index (κ3) is 3.99. The molecule has 1 aromatic heterocycles. The van der Waals surface area contributed by atoms with Gasteiger partial charge in [0.15, 0.2) is 0 Å². The lowest BCUT2D eigenvalue weighted by Gasteiger charge is -2.21. The number of benzene rings is 1. The molecule has 2 aromatic rings. The van der Waals surface area contributed by atoms with E-state index in [2.05, 4.69) is 5.32 Å². The van der Waals surface area contributed by atoms with E-state index in [1.54, 1.807) is 24.3 Å². The highest BCUT2D eigenvalue weighted by Gasteiger charge is 2.35. The van der Waals surface area contributed by atoms with Crippen molar-refractivity contribution in [2.45, 2.75) is 74.3 Å². The lowest BCUT2D eigenvalue weighted by Crippen LogP contribution is -2.29. The number of hydrogen-bond acceptors (Lipinski definition) is 5. The van der Waals surface area contributed by atoms with Crippen LogP contribution in [0.1, 0.15) is 55.8 Å². The maximum atomic E-state index is 13.7. The molecule has 2 aliphatic rings. The molecule has 1 saturated heterocycles. The summed E-state index contributed by atoms with van der Waals surface area (Å²) in [7, 11) is -2.32. The number of methoxy groups -OCH3 is 1. The van der Waals surface area contributed by atoms with E-state index in [4.69, 9.17) is 9.47 Å². The van der Waals surface area contributed by atoms with E-state index in [1.807, 2.05) is 18.4 Å². The SMILES string of the molecule is COc1ccc(S(=O)(=O)c2c(C)c(C)n(C3CCCC3)c2NC(=O)[C@H]2CCCO2)cc1. The van der Waals surface area contributed by atoms with Crippen LogP contribution in [0.2, 0.25) is 0 Å². The summed E-state index contributed by atoms with van der Waals surface area (Å²) in [5, 5.41) is 2.95. The van der Waals surface area contributed by atoms with Gasteiger partial charge in [0.1, 0.15) is 22.6 Å². The fourth-order valence-corrected chi connectivity index (χ4v) is 6.40. The Morgan fingerprint density at radius 3 is 2.35 bits per heavy atom. The van der Waals surface area contributed by atoms with E-state index in [0.717, 1.165) is 37.8 Å². The average molecular weight is 447 g/mol. The molecule has 0 spiro atoms. The van der Waals surface area contributed by atoms with Gasteiger partial charge in [0.2, 0.25) is 9.84 Å². The fourth-order valence-electron chi connectivity index (χ4n) is 4.72. The van der Waals surface area contributed by atoms with Crippen molar-refractivity contribution in [2.24, 2.45) is 0 Å². The van der Waals surface area contributed by atoms with Crippen molar-refractivity contribution in [1.29, 1.82) is 0 Å². The summed E-state index contributed by atoms with van der Waals surface area (Å²) >= 11 is 0. The van der Waals surface area contributed by atoms with Crippen LogP contribution in [0.3, 0.4) is 0 Å². The minimum atomic E-state index is -3.86. The number of nitrogens with one attached hydrogen (secondary N) is 1. The topological polar surface area (TPSA) is 86.6 Å². The number of ether oxygens (including phenoxy) is 2. The Balaban J connectivity index is 1.83. The molecule has 1 amide bonds. The Hall–Kier alpha value is -2.32. The Morgan fingerprint density at radius 1 is 1.10 bits per heavy atom. The summed E-state index contributed by atoms with van der Waals surface area (Å²) in [6.07, 6.45) is 5.08. The van der Waals surface area contributed by atoms with Gasteiger partial charge in [-0.2, -0.15) is 0 Å². The first-order chi connectivity index (χ1) is 14.8. The van der Waals surface area contributed by atoms with Crippen molar-refractivity contribution >= 4 is 21.6 Å². The number of hydrogen-bond donors (Lipinski definition) is 1. The van der Waals surface area contributed by atoms with Crippen molar-refractivity contribution in [1.82, 2.24) is 4.57 Å². The second kappa shape index (κ2) is 8.67. The molecule has 31 heavy (non-hydrogen) atoms. The Morgan fingerprint density at radius 2 is 1.77 bits per heavy atom. The molecule has 4 rings (SSSR count). The zero-order chi connectivity index (χ0) is 22.2. The second-order valence-corrected chi connectivity index (χ2v) is 10.3.